The molecule has 2 amide bonds. The maximum absolute atomic E-state index is 12.3. The number of hydrogen-bond donors (Lipinski definition) is 1. The van der Waals surface area contributed by atoms with Crippen LogP contribution in [0.5, 0.6) is 0 Å². The molecule has 2 aliphatic rings. The summed E-state index contributed by atoms with van der Waals surface area (Å²) in [5.74, 6) is 0.589. The molecule has 7 nitrogen and oxygen atoms in total. The smallest absolute Gasteiger partial charge is 0.228 e. The number of carbonyl (C=O) groups excluding carboxylic acids is 2. The number of rotatable bonds is 3. The molecule has 24 heavy (non-hydrogen) atoms. The number of piperidine rings is 1. The minimum atomic E-state index is -0.0543. The van der Waals surface area contributed by atoms with Gasteiger partial charge in [0.25, 0.3) is 0 Å². The van der Waals surface area contributed by atoms with Crippen molar-refractivity contribution < 1.29 is 14.3 Å². The third kappa shape index (κ3) is 4.03. The maximum Gasteiger partial charge on any atom is 0.228 e. The van der Waals surface area contributed by atoms with E-state index in [0.29, 0.717) is 31.7 Å². The number of anilines is 2. The summed E-state index contributed by atoms with van der Waals surface area (Å²) >= 11 is 0. The zero-order valence-corrected chi connectivity index (χ0v) is 14.0. The van der Waals surface area contributed by atoms with Gasteiger partial charge >= 0.3 is 0 Å². The Morgan fingerprint density at radius 1 is 1.17 bits per heavy atom. The highest BCUT2D eigenvalue weighted by molar-refractivity contribution is 5.92. The van der Waals surface area contributed by atoms with E-state index in [0.717, 1.165) is 32.0 Å². The average Bonchev–Trinajstić information content (AvgIpc) is 2.63. The molecule has 1 aromatic rings. The normalized spacial score (nSPS) is 19.2. The van der Waals surface area contributed by atoms with Crippen molar-refractivity contribution in [3.8, 4) is 0 Å². The van der Waals surface area contributed by atoms with Crippen LogP contribution in [0.1, 0.15) is 19.8 Å². The number of nitrogens with zero attached hydrogens (tertiary/aromatic N) is 3. The number of pyridine rings is 1. The highest BCUT2D eigenvalue weighted by Crippen LogP contribution is 2.20. The van der Waals surface area contributed by atoms with E-state index in [1.54, 1.807) is 18.0 Å². The molecule has 0 bridgehead atoms. The summed E-state index contributed by atoms with van der Waals surface area (Å²) in [6.45, 7) is 6.06. The Bertz CT molecular complexity index is 576. The highest BCUT2D eigenvalue weighted by atomic mass is 16.5. The first-order chi connectivity index (χ1) is 11.6. The van der Waals surface area contributed by atoms with Gasteiger partial charge in [0.15, 0.2) is 0 Å². The van der Waals surface area contributed by atoms with E-state index in [4.69, 9.17) is 4.74 Å². The van der Waals surface area contributed by atoms with Gasteiger partial charge in [0, 0.05) is 39.0 Å². The molecule has 7 heteroatoms. The summed E-state index contributed by atoms with van der Waals surface area (Å²) in [4.78, 5) is 32.0. The predicted molar refractivity (Wildman–Crippen MR) is 90.9 cm³/mol. The van der Waals surface area contributed by atoms with Gasteiger partial charge in [-0.1, -0.05) is 0 Å². The third-order valence-electron chi connectivity index (χ3n) is 4.69. The van der Waals surface area contributed by atoms with Crippen molar-refractivity contribution in [3.63, 3.8) is 0 Å². The first-order valence-corrected chi connectivity index (χ1v) is 8.48. The van der Waals surface area contributed by atoms with Gasteiger partial charge in [0.2, 0.25) is 11.8 Å². The largest absolute Gasteiger partial charge is 0.378 e. The van der Waals surface area contributed by atoms with Crippen LogP contribution in [0.15, 0.2) is 18.3 Å². The molecule has 0 aliphatic carbocycles. The molecular weight excluding hydrogens is 308 g/mol. The number of likely N-dealkylation sites (tertiary alicyclic amines) is 1. The first kappa shape index (κ1) is 16.7. The standard InChI is InChI=1S/C17H24N4O3/c1-13(22)20-6-4-14(5-7-20)17(23)19-16-3-2-15(12-18-16)21-8-10-24-11-9-21/h2-3,12,14H,4-11H2,1H3,(H,18,19,23). The quantitative estimate of drug-likeness (QED) is 0.898. The Morgan fingerprint density at radius 2 is 1.88 bits per heavy atom. The minimum Gasteiger partial charge on any atom is -0.378 e. The molecule has 0 spiro atoms. The zero-order chi connectivity index (χ0) is 16.9. The molecule has 0 aromatic carbocycles. The average molecular weight is 332 g/mol. The van der Waals surface area contributed by atoms with E-state index in [-0.39, 0.29) is 17.7 Å². The lowest BCUT2D eigenvalue weighted by Gasteiger charge is -2.30. The number of ether oxygens (including phenoxy) is 1. The molecule has 3 heterocycles. The number of nitrogens with one attached hydrogen (secondary N) is 1. The molecular formula is C17H24N4O3. The zero-order valence-electron chi connectivity index (χ0n) is 14.0. The van der Waals surface area contributed by atoms with Crippen LogP contribution >= 0.6 is 0 Å². The van der Waals surface area contributed by atoms with Gasteiger partial charge in [-0.05, 0) is 25.0 Å². The van der Waals surface area contributed by atoms with E-state index < -0.39 is 0 Å². The summed E-state index contributed by atoms with van der Waals surface area (Å²) in [5.41, 5.74) is 1.05. The van der Waals surface area contributed by atoms with E-state index in [1.807, 2.05) is 12.1 Å². The topological polar surface area (TPSA) is 74.8 Å². The van der Waals surface area contributed by atoms with Crippen molar-refractivity contribution in [1.82, 2.24) is 9.88 Å². The van der Waals surface area contributed by atoms with Crippen LogP contribution in [0, 0.1) is 5.92 Å². The first-order valence-electron chi connectivity index (χ1n) is 8.48. The van der Waals surface area contributed by atoms with E-state index >= 15 is 0 Å². The summed E-state index contributed by atoms with van der Waals surface area (Å²) < 4.78 is 5.34. The Hall–Kier alpha value is -2.15. The highest BCUT2D eigenvalue weighted by Gasteiger charge is 2.26. The van der Waals surface area contributed by atoms with Gasteiger partial charge in [-0.15, -0.1) is 0 Å². The fourth-order valence-electron chi connectivity index (χ4n) is 3.15. The Kier molecular flexibility index (Phi) is 5.30. The van der Waals surface area contributed by atoms with Gasteiger partial charge in [0.05, 0.1) is 25.1 Å². The lowest BCUT2D eigenvalue weighted by molar-refractivity contribution is -0.132. The number of amides is 2. The van der Waals surface area contributed by atoms with Gasteiger partial charge in [0.1, 0.15) is 5.82 Å². The molecule has 130 valence electrons. The van der Waals surface area contributed by atoms with Crippen molar-refractivity contribution in [2.45, 2.75) is 19.8 Å². The van der Waals surface area contributed by atoms with Gasteiger partial charge < -0.3 is 19.9 Å². The second kappa shape index (κ2) is 7.61. The fraction of sp³-hybridized carbons (Fsp3) is 0.588. The molecule has 3 rings (SSSR count). The molecule has 1 N–H and O–H groups in total. The fourth-order valence-corrected chi connectivity index (χ4v) is 3.15. The number of carbonyl (C=O) groups is 2. The third-order valence-corrected chi connectivity index (χ3v) is 4.69. The predicted octanol–water partition coefficient (Wildman–Crippen LogP) is 1.12. The second-order valence-electron chi connectivity index (χ2n) is 6.27. The Balaban J connectivity index is 1.52. The summed E-state index contributed by atoms with van der Waals surface area (Å²) in [6, 6.07) is 3.82. The van der Waals surface area contributed by atoms with Crippen LogP contribution in [0.4, 0.5) is 11.5 Å². The van der Waals surface area contributed by atoms with Crippen LogP contribution in [0.3, 0.4) is 0 Å². The van der Waals surface area contributed by atoms with Gasteiger partial charge in [-0.2, -0.15) is 0 Å². The SMILES string of the molecule is CC(=O)N1CCC(C(=O)Nc2ccc(N3CCOCC3)cn2)CC1. The van der Waals surface area contributed by atoms with E-state index in [9.17, 15) is 9.59 Å². The van der Waals surface area contributed by atoms with Crippen molar-refractivity contribution in [2.75, 3.05) is 49.6 Å². The molecule has 0 radical (unpaired) electrons. The molecule has 1 aromatic heterocycles. The lowest BCUT2D eigenvalue weighted by atomic mass is 9.96. The van der Waals surface area contributed by atoms with Crippen molar-refractivity contribution in [2.24, 2.45) is 5.92 Å². The monoisotopic (exact) mass is 332 g/mol. The van der Waals surface area contributed by atoms with Crippen LogP contribution in [0.2, 0.25) is 0 Å². The molecule has 2 aliphatic heterocycles. The van der Waals surface area contributed by atoms with Crippen LogP contribution < -0.4 is 10.2 Å². The molecule has 0 saturated carbocycles. The summed E-state index contributed by atoms with van der Waals surface area (Å²) in [5, 5.41) is 2.89. The summed E-state index contributed by atoms with van der Waals surface area (Å²) in [7, 11) is 0. The van der Waals surface area contributed by atoms with Gasteiger partial charge in [-0.3, -0.25) is 9.59 Å². The van der Waals surface area contributed by atoms with Crippen molar-refractivity contribution in [1.29, 1.82) is 0 Å². The molecule has 2 saturated heterocycles. The Labute approximate surface area is 142 Å². The van der Waals surface area contributed by atoms with Crippen LogP contribution in [-0.4, -0.2) is 61.1 Å². The van der Waals surface area contributed by atoms with E-state index in [2.05, 4.69) is 15.2 Å². The Morgan fingerprint density at radius 3 is 2.46 bits per heavy atom. The number of hydrogen-bond acceptors (Lipinski definition) is 5. The summed E-state index contributed by atoms with van der Waals surface area (Å²) in [6.07, 6.45) is 3.20. The number of morpholine rings is 1. The molecule has 0 unspecified atom stereocenters. The lowest BCUT2D eigenvalue weighted by Crippen LogP contribution is -2.40. The van der Waals surface area contributed by atoms with Crippen molar-refractivity contribution >= 4 is 23.3 Å². The molecule has 0 atom stereocenters. The van der Waals surface area contributed by atoms with Crippen molar-refractivity contribution in [3.05, 3.63) is 18.3 Å². The molecule has 2 fully saturated rings. The van der Waals surface area contributed by atoms with Crippen LogP contribution in [0.25, 0.3) is 0 Å². The van der Waals surface area contributed by atoms with E-state index in [1.165, 1.54) is 0 Å². The van der Waals surface area contributed by atoms with Crippen LogP contribution in [-0.2, 0) is 14.3 Å². The van der Waals surface area contributed by atoms with Gasteiger partial charge in [-0.25, -0.2) is 4.98 Å². The minimum absolute atomic E-state index is 0.00942. The maximum atomic E-state index is 12.3. The second-order valence-corrected chi connectivity index (χ2v) is 6.27. The number of aromatic nitrogens is 1.